The highest BCUT2D eigenvalue weighted by atomic mass is 32.2. The first-order valence-electron chi connectivity index (χ1n) is 11.0. The molecule has 0 aromatic heterocycles. The maximum absolute atomic E-state index is 13.0. The Morgan fingerprint density at radius 1 is 0.778 bits per heavy atom. The smallest absolute Gasteiger partial charge is 0.261 e. The first kappa shape index (κ1) is 25.2. The lowest BCUT2D eigenvalue weighted by atomic mass is 10.1. The lowest BCUT2D eigenvalue weighted by molar-refractivity contribution is -0.116. The topological polar surface area (TPSA) is 113 Å². The first-order chi connectivity index (χ1) is 17.1. The molecule has 0 bridgehead atoms. The van der Waals surface area contributed by atoms with Crippen molar-refractivity contribution in [3.05, 3.63) is 97.1 Å². The van der Waals surface area contributed by atoms with Crippen LogP contribution in [0.5, 0.6) is 0 Å². The van der Waals surface area contributed by atoms with Crippen molar-refractivity contribution in [1.29, 1.82) is 0 Å². The van der Waals surface area contributed by atoms with Crippen molar-refractivity contribution in [3.63, 3.8) is 0 Å². The Hall–Kier alpha value is -3.89. The average molecular weight is 524 g/mol. The second-order valence-corrected chi connectivity index (χ2v) is 11.8. The van der Waals surface area contributed by atoms with Gasteiger partial charge in [0.05, 0.1) is 22.5 Å². The lowest BCUT2D eigenvalue weighted by Gasteiger charge is -2.28. The summed E-state index contributed by atoms with van der Waals surface area (Å²) in [6.07, 6.45) is 1.03. The van der Waals surface area contributed by atoms with E-state index in [2.05, 4.69) is 10.0 Å². The molecule has 2 N–H and O–H groups in total. The Morgan fingerprint density at radius 3 is 2.06 bits per heavy atom. The van der Waals surface area contributed by atoms with Crippen LogP contribution in [-0.2, 0) is 24.8 Å². The van der Waals surface area contributed by atoms with Crippen LogP contribution in [-0.4, -0.2) is 35.0 Å². The summed E-state index contributed by atoms with van der Waals surface area (Å²) in [4.78, 5) is 12.9. The fraction of sp³-hybridized carbons (Fsp3) is 0.115. The van der Waals surface area contributed by atoms with Crippen LogP contribution in [0.2, 0.25) is 0 Å². The zero-order valence-electron chi connectivity index (χ0n) is 19.6. The second-order valence-electron chi connectivity index (χ2n) is 8.22. The average Bonchev–Trinajstić information content (AvgIpc) is 2.84. The highest BCUT2D eigenvalue weighted by Crippen LogP contribution is 2.26. The van der Waals surface area contributed by atoms with E-state index >= 15 is 0 Å². The van der Waals surface area contributed by atoms with Gasteiger partial charge in [0, 0.05) is 11.1 Å². The molecule has 0 spiro atoms. The van der Waals surface area contributed by atoms with Crippen molar-refractivity contribution in [2.45, 2.75) is 17.9 Å². The molecule has 8 nitrogen and oxygen atoms in total. The standard InChI is InChI=1S/C26H25N3O5S2/c1-19(29(35(2,31)32)22-11-4-3-5-12-22)26(30)27-21-15-17-23(18-16-21)36(33,34)28-25-14-8-10-20-9-6-7-13-24(20)25/h3-19,28H,1-2H3,(H,27,30)/t19-/m0/s1. The van der Waals surface area contributed by atoms with Crippen LogP contribution in [0.15, 0.2) is 102 Å². The fourth-order valence-corrected chi connectivity index (χ4v) is 6.12. The third kappa shape index (κ3) is 5.50. The predicted molar refractivity (Wildman–Crippen MR) is 143 cm³/mol. The van der Waals surface area contributed by atoms with E-state index in [-0.39, 0.29) is 4.90 Å². The van der Waals surface area contributed by atoms with E-state index in [1.165, 1.54) is 31.2 Å². The maximum Gasteiger partial charge on any atom is 0.261 e. The molecular formula is C26H25N3O5S2. The number of sulfonamides is 2. The van der Waals surface area contributed by atoms with E-state index in [1.54, 1.807) is 42.5 Å². The van der Waals surface area contributed by atoms with Crippen LogP contribution in [0.4, 0.5) is 17.1 Å². The van der Waals surface area contributed by atoms with Gasteiger partial charge in [0.25, 0.3) is 10.0 Å². The van der Waals surface area contributed by atoms with Gasteiger partial charge in [-0.3, -0.25) is 13.8 Å². The van der Waals surface area contributed by atoms with Gasteiger partial charge in [-0.2, -0.15) is 0 Å². The third-order valence-corrected chi connectivity index (χ3v) is 8.19. The molecule has 0 aliphatic heterocycles. The predicted octanol–water partition coefficient (Wildman–Crippen LogP) is 4.43. The Balaban J connectivity index is 1.51. The van der Waals surface area contributed by atoms with Gasteiger partial charge >= 0.3 is 0 Å². The highest BCUT2D eigenvalue weighted by Gasteiger charge is 2.29. The normalized spacial score (nSPS) is 12.6. The summed E-state index contributed by atoms with van der Waals surface area (Å²) in [5.74, 6) is -0.561. The van der Waals surface area contributed by atoms with Gasteiger partial charge in [-0.15, -0.1) is 0 Å². The maximum atomic E-state index is 13.0. The number of hydrogen-bond donors (Lipinski definition) is 2. The Labute approximate surface area is 210 Å². The number of carbonyl (C=O) groups excluding carboxylic acids is 1. The van der Waals surface area contributed by atoms with Gasteiger partial charge in [0.15, 0.2) is 0 Å². The number of amides is 1. The molecule has 186 valence electrons. The summed E-state index contributed by atoms with van der Waals surface area (Å²) < 4.78 is 54.4. The number of anilines is 3. The molecular weight excluding hydrogens is 498 g/mol. The molecule has 0 aliphatic rings. The fourth-order valence-electron chi connectivity index (χ4n) is 3.87. The van der Waals surface area contributed by atoms with Crippen LogP contribution in [0.1, 0.15) is 6.92 Å². The number of para-hydroxylation sites is 1. The Bertz CT molecular complexity index is 1600. The van der Waals surface area contributed by atoms with Crippen LogP contribution < -0.4 is 14.3 Å². The van der Waals surface area contributed by atoms with Gasteiger partial charge in [-0.25, -0.2) is 16.8 Å². The SMILES string of the molecule is C[C@@H](C(=O)Nc1ccc(S(=O)(=O)Nc2cccc3ccccc23)cc1)N(c1ccccc1)S(C)(=O)=O. The number of carbonyl (C=O) groups is 1. The summed E-state index contributed by atoms with van der Waals surface area (Å²) in [5, 5.41) is 4.34. The Kier molecular flexibility index (Phi) is 7.00. The number of benzene rings is 4. The molecule has 4 aromatic carbocycles. The van der Waals surface area contributed by atoms with E-state index in [0.717, 1.165) is 21.3 Å². The summed E-state index contributed by atoms with van der Waals surface area (Å²) in [6, 6.07) is 25.7. The van der Waals surface area contributed by atoms with Gasteiger partial charge in [0.2, 0.25) is 15.9 Å². The second kappa shape index (κ2) is 10.00. The molecule has 1 atom stereocenters. The molecule has 0 saturated carbocycles. The lowest BCUT2D eigenvalue weighted by Crippen LogP contribution is -2.45. The molecule has 0 unspecified atom stereocenters. The van der Waals surface area contributed by atoms with Crippen molar-refractivity contribution >= 4 is 53.8 Å². The first-order valence-corrected chi connectivity index (χ1v) is 14.4. The van der Waals surface area contributed by atoms with Gasteiger partial charge < -0.3 is 5.32 Å². The molecule has 0 fully saturated rings. The van der Waals surface area contributed by atoms with Crippen LogP contribution in [0.3, 0.4) is 0 Å². The molecule has 0 heterocycles. The Morgan fingerprint density at radius 2 is 1.39 bits per heavy atom. The summed E-state index contributed by atoms with van der Waals surface area (Å²) in [5.41, 5.74) is 1.15. The van der Waals surface area contributed by atoms with Gasteiger partial charge in [0.1, 0.15) is 6.04 Å². The van der Waals surface area contributed by atoms with Crippen molar-refractivity contribution < 1.29 is 21.6 Å². The number of hydrogen-bond acceptors (Lipinski definition) is 5. The van der Waals surface area contributed by atoms with Crippen molar-refractivity contribution in [2.75, 3.05) is 20.6 Å². The minimum atomic E-state index is -3.89. The number of nitrogens with one attached hydrogen (secondary N) is 2. The van der Waals surface area contributed by atoms with Crippen LogP contribution in [0.25, 0.3) is 10.8 Å². The molecule has 0 saturated heterocycles. The molecule has 4 rings (SSSR count). The minimum absolute atomic E-state index is 0.0172. The van der Waals surface area contributed by atoms with E-state index < -0.39 is 32.0 Å². The van der Waals surface area contributed by atoms with Crippen LogP contribution >= 0.6 is 0 Å². The molecule has 0 aliphatic carbocycles. The number of nitrogens with zero attached hydrogens (tertiary/aromatic N) is 1. The van der Waals surface area contributed by atoms with Crippen molar-refractivity contribution in [1.82, 2.24) is 0 Å². The van der Waals surface area contributed by atoms with E-state index in [0.29, 0.717) is 17.1 Å². The minimum Gasteiger partial charge on any atom is -0.324 e. The summed E-state index contributed by atoms with van der Waals surface area (Å²) in [6.45, 7) is 1.48. The summed E-state index contributed by atoms with van der Waals surface area (Å²) >= 11 is 0. The molecule has 4 aromatic rings. The molecule has 1 amide bonds. The van der Waals surface area contributed by atoms with Gasteiger partial charge in [-0.1, -0.05) is 54.6 Å². The largest absolute Gasteiger partial charge is 0.324 e. The van der Waals surface area contributed by atoms with E-state index in [9.17, 15) is 21.6 Å². The number of rotatable bonds is 8. The zero-order valence-corrected chi connectivity index (χ0v) is 21.3. The summed E-state index contributed by atoms with van der Waals surface area (Å²) in [7, 11) is -7.63. The van der Waals surface area contributed by atoms with Crippen LogP contribution in [0, 0.1) is 0 Å². The molecule has 36 heavy (non-hydrogen) atoms. The monoisotopic (exact) mass is 523 g/mol. The molecule has 10 heteroatoms. The van der Waals surface area contributed by atoms with Crippen molar-refractivity contribution in [3.8, 4) is 0 Å². The van der Waals surface area contributed by atoms with E-state index in [1.807, 2.05) is 30.3 Å². The third-order valence-electron chi connectivity index (χ3n) is 5.57. The quantitative estimate of drug-likeness (QED) is 0.355. The number of fused-ring (bicyclic) bond motifs is 1. The molecule has 0 radical (unpaired) electrons. The zero-order chi connectivity index (χ0) is 25.9. The van der Waals surface area contributed by atoms with Gasteiger partial charge in [-0.05, 0) is 54.8 Å². The van der Waals surface area contributed by atoms with Crippen molar-refractivity contribution in [2.24, 2.45) is 0 Å². The van der Waals surface area contributed by atoms with E-state index in [4.69, 9.17) is 0 Å². The highest BCUT2D eigenvalue weighted by molar-refractivity contribution is 7.92.